The van der Waals surface area contributed by atoms with Gasteiger partial charge in [-0.3, -0.25) is 0 Å². The van der Waals surface area contributed by atoms with Gasteiger partial charge in [0.1, 0.15) is 0 Å². The molecular formula is C12H25N2+. The van der Waals surface area contributed by atoms with Gasteiger partial charge in [0.15, 0.2) is 0 Å². The van der Waals surface area contributed by atoms with Crippen molar-refractivity contribution < 1.29 is 4.48 Å². The number of nitrogens with zero attached hydrogens (tertiary/aromatic N) is 1. The Labute approximate surface area is 88.3 Å². The van der Waals surface area contributed by atoms with E-state index in [2.05, 4.69) is 12.2 Å². The van der Waals surface area contributed by atoms with E-state index in [-0.39, 0.29) is 0 Å². The first-order chi connectivity index (χ1) is 6.85. The van der Waals surface area contributed by atoms with E-state index in [9.17, 15) is 0 Å². The zero-order valence-electron chi connectivity index (χ0n) is 9.60. The van der Waals surface area contributed by atoms with Gasteiger partial charge in [0.2, 0.25) is 0 Å². The number of hydrogen-bond acceptors (Lipinski definition) is 1. The highest BCUT2D eigenvalue weighted by molar-refractivity contribution is 4.75. The molecule has 1 atom stereocenters. The summed E-state index contributed by atoms with van der Waals surface area (Å²) < 4.78 is 1.42. The molecule has 2 aliphatic rings. The molecule has 0 aliphatic carbocycles. The van der Waals surface area contributed by atoms with E-state index in [1.807, 2.05) is 0 Å². The number of hydrogen-bond donors (Lipinski definition) is 1. The Morgan fingerprint density at radius 3 is 2.57 bits per heavy atom. The van der Waals surface area contributed by atoms with Crippen molar-refractivity contribution in [3.8, 4) is 0 Å². The van der Waals surface area contributed by atoms with E-state index in [1.54, 1.807) is 0 Å². The molecule has 14 heavy (non-hydrogen) atoms. The standard InChI is InChI=1S/C12H25N2/c1-2-8-14(9-3-4-10-14)11-12-6-5-7-13-12/h12-13H,2-11H2,1H3/q+1/t12-/m0/s1. The zero-order chi connectivity index (χ0) is 9.86. The number of likely N-dealkylation sites (tertiary alicyclic amines) is 1. The van der Waals surface area contributed by atoms with Gasteiger partial charge in [-0.25, -0.2) is 0 Å². The third-order valence-electron chi connectivity index (χ3n) is 3.98. The predicted octanol–water partition coefficient (Wildman–Crippen LogP) is 1.76. The Morgan fingerprint density at radius 1 is 1.21 bits per heavy atom. The molecule has 2 rings (SSSR count). The first-order valence-corrected chi connectivity index (χ1v) is 6.43. The van der Waals surface area contributed by atoms with Crippen molar-refractivity contribution in [1.29, 1.82) is 0 Å². The van der Waals surface area contributed by atoms with Crippen LogP contribution in [-0.4, -0.2) is 43.2 Å². The minimum absolute atomic E-state index is 0.833. The summed E-state index contributed by atoms with van der Waals surface area (Å²) in [5.41, 5.74) is 0. The van der Waals surface area contributed by atoms with Crippen LogP contribution in [0.5, 0.6) is 0 Å². The number of nitrogens with one attached hydrogen (secondary N) is 1. The van der Waals surface area contributed by atoms with Crippen LogP contribution in [0.15, 0.2) is 0 Å². The highest BCUT2D eigenvalue weighted by atomic mass is 15.4. The minimum Gasteiger partial charge on any atom is -0.322 e. The molecule has 2 nitrogen and oxygen atoms in total. The second-order valence-corrected chi connectivity index (χ2v) is 5.20. The fraction of sp³-hybridized carbons (Fsp3) is 1.00. The highest BCUT2D eigenvalue weighted by Gasteiger charge is 2.34. The van der Waals surface area contributed by atoms with Crippen molar-refractivity contribution in [3.05, 3.63) is 0 Å². The summed E-state index contributed by atoms with van der Waals surface area (Å²) in [7, 11) is 0. The summed E-state index contributed by atoms with van der Waals surface area (Å²) in [6.45, 7) is 9.32. The maximum atomic E-state index is 3.65. The van der Waals surface area contributed by atoms with Crippen molar-refractivity contribution in [2.45, 2.75) is 45.1 Å². The van der Waals surface area contributed by atoms with Crippen LogP contribution in [0.25, 0.3) is 0 Å². The molecule has 0 aromatic heterocycles. The van der Waals surface area contributed by atoms with E-state index in [0.29, 0.717) is 0 Å². The third-order valence-corrected chi connectivity index (χ3v) is 3.98. The molecule has 0 bridgehead atoms. The van der Waals surface area contributed by atoms with E-state index in [1.165, 1.54) is 69.3 Å². The predicted molar refractivity (Wildman–Crippen MR) is 60.3 cm³/mol. The van der Waals surface area contributed by atoms with Crippen LogP contribution < -0.4 is 5.32 Å². The monoisotopic (exact) mass is 197 g/mol. The topological polar surface area (TPSA) is 12.0 Å². The van der Waals surface area contributed by atoms with Crippen LogP contribution in [0, 0.1) is 0 Å². The van der Waals surface area contributed by atoms with E-state index in [0.717, 1.165) is 6.04 Å². The average molecular weight is 197 g/mol. The lowest BCUT2D eigenvalue weighted by molar-refractivity contribution is -0.917. The maximum absolute atomic E-state index is 3.65. The zero-order valence-corrected chi connectivity index (χ0v) is 9.60. The largest absolute Gasteiger partial charge is 0.322 e. The Balaban J connectivity index is 1.89. The molecule has 0 radical (unpaired) electrons. The van der Waals surface area contributed by atoms with Crippen LogP contribution in [0.4, 0.5) is 0 Å². The van der Waals surface area contributed by atoms with Gasteiger partial charge >= 0.3 is 0 Å². The fourth-order valence-electron chi connectivity index (χ4n) is 3.36. The normalized spacial score (nSPS) is 31.1. The van der Waals surface area contributed by atoms with Crippen molar-refractivity contribution >= 4 is 0 Å². The molecule has 2 saturated heterocycles. The lowest BCUT2D eigenvalue weighted by Gasteiger charge is -2.36. The highest BCUT2D eigenvalue weighted by Crippen LogP contribution is 2.22. The van der Waals surface area contributed by atoms with Gasteiger partial charge in [-0.05, 0) is 25.8 Å². The lowest BCUT2D eigenvalue weighted by Crippen LogP contribution is -2.52. The number of quaternary nitrogens is 1. The van der Waals surface area contributed by atoms with Gasteiger partial charge in [-0.2, -0.15) is 0 Å². The molecule has 0 aromatic carbocycles. The van der Waals surface area contributed by atoms with E-state index in [4.69, 9.17) is 0 Å². The van der Waals surface area contributed by atoms with Crippen LogP contribution >= 0.6 is 0 Å². The summed E-state index contributed by atoms with van der Waals surface area (Å²) in [4.78, 5) is 0. The average Bonchev–Trinajstić information content (AvgIpc) is 2.78. The van der Waals surface area contributed by atoms with Crippen LogP contribution in [-0.2, 0) is 0 Å². The molecule has 0 spiro atoms. The third kappa shape index (κ3) is 2.29. The summed E-state index contributed by atoms with van der Waals surface area (Å²) in [6.07, 6.45) is 7.10. The van der Waals surface area contributed by atoms with Crippen LogP contribution in [0.2, 0.25) is 0 Å². The minimum atomic E-state index is 0.833. The molecule has 0 unspecified atom stereocenters. The van der Waals surface area contributed by atoms with Crippen LogP contribution in [0.3, 0.4) is 0 Å². The van der Waals surface area contributed by atoms with Gasteiger partial charge in [0.25, 0.3) is 0 Å². The molecule has 2 heteroatoms. The summed E-state index contributed by atoms with van der Waals surface area (Å²) in [6, 6.07) is 0.833. The van der Waals surface area contributed by atoms with Crippen molar-refractivity contribution in [2.24, 2.45) is 0 Å². The maximum Gasteiger partial charge on any atom is 0.0942 e. The molecule has 2 fully saturated rings. The second-order valence-electron chi connectivity index (χ2n) is 5.20. The van der Waals surface area contributed by atoms with Gasteiger partial charge in [0, 0.05) is 12.8 Å². The van der Waals surface area contributed by atoms with Gasteiger partial charge < -0.3 is 9.80 Å². The summed E-state index contributed by atoms with van der Waals surface area (Å²) in [5.74, 6) is 0. The first kappa shape index (κ1) is 10.4. The molecule has 0 amide bonds. The molecular weight excluding hydrogens is 172 g/mol. The van der Waals surface area contributed by atoms with Crippen LogP contribution in [0.1, 0.15) is 39.0 Å². The quantitative estimate of drug-likeness (QED) is 0.677. The molecule has 1 N–H and O–H groups in total. The lowest BCUT2D eigenvalue weighted by atomic mass is 10.2. The van der Waals surface area contributed by atoms with Crippen molar-refractivity contribution in [2.75, 3.05) is 32.7 Å². The fourth-order valence-corrected chi connectivity index (χ4v) is 3.36. The Hall–Kier alpha value is -0.0800. The van der Waals surface area contributed by atoms with Gasteiger partial charge in [-0.15, -0.1) is 0 Å². The first-order valence-electron chi connectivity index (χ1n) is 6.43. The van der Waals surface area contributed by atoms with E-state index >= 15 is 0 Å². The molecule has 2 aliphatic heterocycles. The summed E-state index contributed by atoms with van der Waals surface area (Å²) in [5, 5.41) is 3.65. The Bertz CT molecular complexity index is 167. The van der Waals surface area contributed by atoms with Gasteiger partial charge in [-0.1, -0.05) is 6.92 Å². The van der Waals surface area contributed by atoms with Crippen molar-refractivity contribution in [3.63, 3.8) is 0 Å². The number of rotatable bonds is 4. The second kappa shape index (κ2) is 4.63. The molecule has 82 valence electrons. The smallest absolute Gasteiger partial charge is 0.0942 e. The Morgan fingerprint density at radius 2 is 2.00 bits per heavy atom. The molecule has 2 heterocycles. The Kier molecular flexibility index (Phi) is 3.45. The van der Waals surface area contributed by atoms with Gasteiger partial charge in [0.05, 0.1) is 32.2 Å². The SMILES string of the molecule is CCC[N+]1(C[C@@H]2CCCN2)CCCC1. The van der Waals surface area contributed by atoms with Crippen molar-refractivity contribution in [1.82, 2.24) is 5.32 Å². The molecule has 0 aromatic rings. The van der Waals surface area contributed by atoms with E-state index < -0.39 is 0 Å². The summed E-state index contributed by atoms with van der Waals surface area (Å²) >= 11 is 0. The molecule has 0 saturated carbocycles.